The Hall–Kier alpha value is -0.961. The number of hydrogen-bond donors (Lipinski definition) is 0. The first-order valence-corrected chi connectivity index (χ1v) is 11.0. The average molecular weight is 375 g/mol. The quantitative estimate of drug-likeness (QED) is 0.259. The molecule has 0 saturated heterocycles. The predicted octanol–water partition coefficient (Wildman–Crippen LogP) is 5.84. The van der Waals surface area contributed by atoms with Gasteiger partial charge in [0.15, 0.2) is 0 Å². The Morgan fingerprint density at radius 3 is 2.30 bits per heavy atom. The second-order valence-electron chi connectivity index (χ2n) is 5.95. The number of rotatable bonds is 11. The van der Waals surface area contributed by atoms with Gasteiger partial charge in [0.1, 0.15) is 0 Å². The summed E-state index contributed by atoms with van der Waals surface area (Å²) >= 11 is 0.364. The van der Waals surface area contributed by atoms with Crippen LogP contribution in [0.2, 0.25) is 0 Å². The SMILES string of the molecule is CCCCCCC#C/C(=C/CCCCCC)[Se]c1ccccc1. The van der Waals surface area contributed by atoms with E-state index in [2.05, 4.69) is 62.1 Å². The molecule has 0 saturated carbocycles. The molecule has 0 N–H and O–H groups in total. The number of benzene rings is 1. The molecule has 0 nitrogen and oxygen atoms in total. The van der Waals surface area contributed by atoms with Gasteiger partial charge in [0.2, 0.25) is 0 Å². The number of unbranched alkanes of at least 4 members (excludes halogenated alkanes) is 8. The van der Waals surface area contributed by atoms with Crippen molar-refractivity contribution < 1.29 is 0 Å². The normalized spacial score (nSPS) is 11.1. The molecule has 0 spiro atoms. The average Bonchev–Trinajstić information content (AvgIpc) is 2.58. The summed E-state index contributed by atoms with van der Waals surface area (Å²) in [5.41, 5.74) is 0. The van der Waals surface area contributed by atoms with Crippen LogP contribution in [0.15, 0.2) is 40.9 Å². The van der Waals surface area contributed by atoms with Crippen LogP contribution in [0.3, 0.4) is 0 Å². The van der Waals surface area contributed by atoms with E-state index in [-0.39, 0.29) is 0 Å². The van der Waals surface area contributed by atoms with Crippen molar-refractivity contribution in [1.82, 2.24) is 0 Å². The molecule has 0 aliphatic heterocycles. The molecule has 1 aromatic carbocycles. The van der Waals surface area contributed by atoms with Crippen LogP contribution in [0.1, 0.15) is 78.1 Å². The van der Waals surface area contributed by atoms with Crippen LogP contribution < -0.4 is 4.46 Å². The van der Waals surface area contributed by atoms with Gasteiger partial charge in [0, 0.05) is 0 Å². The van der Waals surface area contributed by atoms with Gasteiger partial charge in [-0.2, -0.15) is 0 Å². The molecule has 0 aromatic heterocycles. The second-order valence-corrected chi connectivity index (χ2v) is 8.29. The number of allylic oxidation sites excluding steroid dienone is 2. The summed E-state index contributed by atoms with van der Waals surface area (Å²) in [5.74, 6) is 6.89. The summed E-state index contributed by atoms with van der Waals surface area (Å²) in [5, 5.41) is 0. The topological polar surface area (TPSA) is 0 Å². The summed E-state index contributed by atoms with van der Waals surface area (Å²) in [6.45, 7) is 4.53. The molecule has 0 aliphatic rings. The van der Waals surface area contributed by atoms with E-state index >= 15 is 0 Å². The zero-order valence-corrected chi connectivity index (χ0v) is 16.7. The van der Waals surface area contributed by atoms with Gasteiger partial charge in [-0.05, 0) is 0 Å². The zero-order valence-electron chi connectivity index (χ0n) is 14.9. The Balaban J connectivity index is 2.50. The molecule has 0 heterocycles. The van der Waals surface area contributed by atoms with Crippen molar-refractivity contribution in [3.8, 4) is 11.8 Å². The van der Waals surface area contributed by atoms with E-state index in [0.717, 1.165) is 6.42 Å². The zero-order chi connectivity index (χ0) is 16.6. The maximum absolute atomic E-state index is 3.47. The van der Waals surface area contributed by atoms with Crippen LogP contribution in [-0.2, 0) is 0 Å². The number of hydrogen-bond acceptors (Lipinski definition) is 0. The van der Waals surface area contributed by atoms with Gasteiger partial charge in [-0.25, -0.2) is 0 Å². The first-order chi connectivity index (χ1) is 11.4. The van der Waals surface area contributed by atoms with Crippen molar-refractivity contribution in [2.24, 2.45) is 0 Å². The van der Waals surface area contributed by atoms with Crippen LogP contribution in [0.25, 0.3) is 0 Å². The first kappa shape index (κ1) is 20.1. The van der Waals surface area contributed by atoms with Crippen LogP contribution >= 0.6 is 0 Å². The fourth-order valence-electron chi connectivity index (χ4n) is 2.33. The Morgan fingerprint density at radius 1 is 0.913 bits per heavy atom. The minimum atomic E-state index is 0.364. The standard InChI is InChI=1S/C22H32Se/c1-3-5-7-9-11-14-18-21(17-13-10-8-6-4-2)23-22-19-15-12-16-20-22/h12,15-17,19-20H,3-11,13H2,1-2H3/b21-17-. The summed E-state index contributed by atoms with van der Waals surface area (Å²) in [7, 11) is 0. The van der Waals surface area contributed by atoms with Crippen molar-refractivity contribution in [2.45, 2.75) is 78.1 Å². The van der Waals surface area contributed by atoms with Crippen molar-refractivity contribution in [1.29, 1.82) is 0 Å². The van der Waals surface area contributed by atoms with E-state index in [9.17, 15) is 0 Å². The Bertz CT molecular complexity index is 476. The summed E-state index contributed by atoms with van der Waals surface area (Å²) in [6.07, 6.45) is 15.2. The molecule has 1 aromatic rings. The van der Waals surface area contributed by atoms with Crippen LogP contribution in [0.4, 0.5) is 0 Å². The third-order valence-electron chi connectivity index (χ3n) is 3.73. The van der Waals surface area contributed by atoms with E-state index in [0.29, 0.717) is 15.0 Å². The molecule has 0 bridgehead atoms. The molecule has 0 radical (unpaired) electrons. The first-order valence-electron chi connectivity index (χ1n) is 9.28. The maximum atomic E-state index is 3.47. The summed E-state index contributed by atoms with van der Waals surface area (Å²) in [6, 6.07) is 10.8. The molecule has 0 amide bonds. The van der Waals surface area contributed by atoms with Crippen molar-refractivity contribution >= 4 is 19.4 Å². The van der Waals surface area contributed by atoms with Crippen LogP contribution in [0, 0.1) is 11.8 Å². The molecule has 1 heteroatoms. The van der Waals surface area contributed by atoms with Gasteiger partial charge in [0.25, 0.3) is 0 Å². The molecule has 126 valence electrons. The Morgan fingerprint density at radius 2 is 1.61 bits per heavy atom. The van der Waals surface area contributed by atoms with Crippen LogP contribution in [0.5, 0.6) is 0 Å². The Kier molecular flexibility index (Phi) is 12.8. The van der Waals surface area contributed by atoms with E-state index < -0.39 is 0 Å². The third kappa shape index (κ3) is 11.2. The van der Waals surface area contributed by atoms with Crippen molar-refractivity contribution in [2.75, 3.05) is 0 Å². The fourth-order valence-corrected chi connectivity index (χ4v) is 4.16. The van der Waals surface area contributed by atoms with E-state index in [1.165, 1.54) is 66.7 Å². The van der Waals surface area contributed by atoms with Crippen LogP contribution in [-0.4, -0.2) is 15.0 Å². The van der Waals surface area contributed by atoms with Gasteiger partial charge in [-0.15, -0.1) is 0 Å². The van der Waals surface area contributed by atoms with Gasteiger partial charge < -0.3 is 0 Å². The van der Waals surface area contributed by atoms with E-state index in [1.807, 2.05) is 0 Å². The second kappa shape index (κ2) is 14.6. The summed E-state index contributed by atoms with van der Waals surface area (Å²) in [4.78, 5) is 0. The van der Waals surface area contributed by atoms with Gasteiger partial charge >= 0.3 is 150 Å². The molecular formula is C22H32Se. The predicted molar refractivity (Wildman–Crippen MR) is 105 cm³/mol. The molecule has 23 heavy (non-hydrogen) atoms. The van der Waals surface area contributed by atoms with Crippen molar-refractivity contribution in [3.63, 3.8) is 0 Å². The molecule has 1 rings (SSSR count). The molecule has 0 aliphatic carbocycles. The van der Waals surface area contributed by atoms with Gasteiger partial charge in [-0.3, -0.25) is 0 Å². The van der Waals surface area contributed by atoms with Gasteiger partial charge in [-0.1, -0.05) is 0 Å². The Labute approximate surface area is 150 Å². The molecule has 0 atom stereocenters. The van der Waals surface area contributed by atoms with Crippen molar-refractivity contribution in [3.05, 3.63) is 40.9 Å². The van der Waals surface area contributed by atoms with E-state index in [1.54, 1.807) is 0 Å². The van der Waals surface area contributed by atoms with E-state index in [4.69, 9.17) is 0 Å². The fraction of sp³-hybridized carbons (Fsp3) is 0.545. The third-order valence-corrected chi connectivity index (χ3v) is 5.82. The minimum absolute atomic E-state index is 0.364. The van der Waals surface area contributed by atoms with Gasteiger partial charge in [0.05, 0.1) is 0 Å². The molecule has 0 unspecified atom stereocenters. The molecule has 0 fully saturated rings. The molecular weight excluding hydrogens is 343 g/mol. The monoisotopic (exact) mass is 376 g/mol. The summed E-state index contributed by atoms with van der Waals surface area (Å²) < 4.78 is 2.80.